The average molecular weight is 328 g/mol. The molecule has 0 unspecified atom stereocenters. The van der Waals surface area contributed by atoms with E-state index < -0.39 is 6.61 Å². The third kappa shape index (κ3) is 3.52. The molecule has 0 N–H and O–H groups in total. The second kappa shape index (κ2) is 6.55. The summed E-state index contributed by atoms with van der Waals surface area (Å²) in [6, 6.07) is 15.9. The van der Waals surface area contributed by atoms with Gasteiger partial charge in [0.1, 0.15) is 16.8 Å². The minimum Gasteiger partial charge on any atom is -0.435 e. The smallest absolute Gasteiger partial charge is 0.387 e. The maximum Gasteiger partial charge on any atom is 0.387 e. The van der Waals surface area contributed by atoms with E-state index in [1.807, 2.05) is 24.3 Å². The maximum absolute atomic E-state index is 12.1. The highest BCUT2D eigenvalue weighted by atomic mass is 32.1. The van der Waals surface area contributed by atoms with Crippen molar-refractivity contribution in [2.45, 2.75) is 6.61 Å². The highest BCUT2D eigenvalue weighted by molar-refractivity contribution is 7.19. The molecular weight excluding hydrogens is 318 g/mol. The zero-order valence-electron chi connectivity index (χ0n) is 11.7. The van der Waals surface area contributed by atoms with E-state index >= 15 is 0 Å². The zero-order valence-corrected chi connectivity index (χ0v) is 12.6. The number of allylic oxidation sites excluding steroid dienone is 1. The van der Waals surface area contributed by atoms with E-state index in [9.17, 15) is 14.0 Å². The number of ether oxygens (including phenoxy) is 1. The number of benzene rings is 2. The van der Waals surface area contributed by atoms with Gasteiger partial charge in [-0.05, 0) is 35.9 Å². The Morgan fingerprint density at radius 3 is 2.57 bits per heavy atom. The van der Waals surface area contributed by atoms with Crippen LogP contribution in [-0.2, 0) is 0 Å². The molecule has 3 nitrogen and oxygen atoms in total. The summed E-state index contributed by atoms with van der Waals surface area (Å²) in [5.41, 5.74) is 1.98. The monoisotopic (exact) mass is 328 g/mol. The molecule has 0 saturated heterocycles. The predicted molar refractivity (Wildman–Crippen MR) is 86.2 cm³/mol. The number of nitriles is 1. The van der Waals surface area contributed by atoms with Crippen LogP contribution in [0.2, 0.25) is 0 Å². The van der Waals surface area contributed by atoms with Crippen molar-refractivity contribution in [3.63, 3.8) is 0 Å². The summed E-state index contributed by atoms with van der Waals surface area (Å²) in [5.74, 6) is 0.0793. The van der Waals surface area contributed by atoms with Gasteiger partial charge in [-0.15, -0.1) is 11.3 Å². The average Bonchev–Trinajstić information content (AvgIpc) is 2.97. The molecule has 0 fully saturated rings. The number of hydrogen-bond acceptors (Lipinski definition) is 4. The molecule has 0 amide bonds. The van der Waals surface area contributed by atoms with Gasteiger partial charge < -0.3 is 4.74 Å². The largest absolute Gasteiger partial charge is 0.435 e. The number of thiazole rings is 1. The molecule has 0 saturated carbocycles. The summed E-state index contributed by atoms with van der Waals surface area (Å²) in [4.78, 5) is 4.44. The molecule has 0 radical (unpaired) electrons. The molecule has 2 aromatic carbocycles. The van der Waals surface area contributed by atoms with Gasteiger partial charge in [-0.25, -0.2) is 4.98 Å². The topological polar surface area (TPSA) is 45.9 Å². The Morgan fingerprint density at radius 1 is 1.17 bits per heavy atom. The van der Waals surface area contributed by atoms with Crippen molar-refractivity contribution in [2.75, 3.05) is 0 Å². The van der Waals surface area contributed by atoms with E-state index in [0.717, 1.165) is 10.2 Å². The van der Waals surface area contributed by atoms with Gasteiger partial charge in [-0.2, -0.15) is 14.0 Å². The first kappa shape index (κ1) is 15.1. The fourth-order valence-corrected chi connectivity index (χ4v) is 2.97. The van der Waals surface area contributed by atoms with E-state index in [1.54, 1.807) is 18.2 Å². The Kier molecular flexibility index (Phi) is 4.31. The number of alkyl halides is 2. The molecular formula is C17H10F2N2OS. The van der Waals surface area contributed by atoms with Crippen molar-refractivity contribution in [1.29, 1.82) is 5.26 Å². The standard InChI is InChI=1S/C17H10F2N2OS/c18-17(19)22-13-7-5-11(6-8-13)9-12(10-20)16-21-14-3-1-2-4-15(14)23-16/h1-9,17H/b12-9+. The van der Waals surface area contributed by atoms with Gasteiger partial charge in [0.05, 0.1) is 15.8 Å². The Bertz CT molecular complexity index is 862. The summed E-state index contributed by atoms with van der Waals surface area (Å²) in [6.07, 6.45) is 1.67. The van der Waals surface area contributed by atoms with Crippen molar-refractivity contribution >= 4 is 33.2 Å². The van der Waals surface area contributed by atoms with Crippen molar-refractivity contribution in [1.82, 2.24) is 4.98 Å². The third-order valence-corrected chi connectivity index (χ3v) is 4.13. The van der Waals surface area contributed by atoms with Gasteiger partial charge >= 0.3 is 6.61 Å². The van der Waals surface area contributed by atoms with Crippen molar-refractivity contribution in [2.24, 2.45) is 0 Å². The van der Waals surface area contributed by atoms with Gasteiger partial charge in [0, 0.05) is 0 Å². The van der Waals surface area contributed by atoms with Crippen LogP contribution >= 0.6 is 11.3 Å². The number of halogens is 2. The molecule has 23 heavy (non-hydrogen) atoms. The van der Waals surface area contributed by atoms with Crippen LogP contribution in [0, 0.1) is 11.3 Å². The Balaban J connectivity index is 1.90. The van der Waals surface area contributed by atoms with Crippen molar-refractivity contribution in [3.05, 3.63) is 59.1 Å². The second-order valence-corrected chi connectivity index (χ2v) is 5.63. The quantitative estimate of drug-likeness (QED) is 0.636. The summed E-state index contributed by atoms with van der Waals surface area (Å²) in [7, 11) is 0. The number of para-hydroxylation sites is 1. The molecule has 1 aromatic heterocycles. The number of aromatic nitrogens is 1. The SMILES string of the molecule is N#C/C(=C\c1ccc(OC(F)F)cc1)c1nc2ccccc2s1. The summed E-state index contributed by atoms with van der Waals surface area (Å²) in [5, 5.41) is 9.99. The van der Waals surface area contributed by atoms with Crippen LogP contribution in [0.5, 0.6) is 5.75 Å². The van der Waals surface area contributed by atoms with E-state index in [1.165, 1.54) is 23.5 Å². The summed E-state index contributed by atoms with van der Waals surface area (Å²) in [6.45, 7) is -2.85. The lowest BCUT2D eigenvalue weighted by atomic mass is 10.1. The zero-order chi connectivity index (χ0) is 16.2. The number of hydrogen-bond donors (Lipinski definition) is 0. The van der Waals surface area contributed by atoms with Gasteiger partial charge in [-0.3, -0.25) is 0 Å². The number of nitrogens with zero attached hydrogens (tertiary/aromatic N) is 2. The van der Waals surface area contributed by atoms with Gasteiger partial charge in [0.15, 0.2) is 0 Å². The van der Waals surface area contributed by atoms with Crippen LogP contribution in [-0.4, -0.2) is 11.6 Å². The second-order valence-electron chi connectivity index (χ2n) is 4.60. The van der Waals surface area contributed by atoms with E-state index in [4.69, 9.17) is 0 Å². The van der Waals surface area contributed by atoms with E-state index in [0.29, 0.717) is 16.1 Å². The molecule has 1 heterocycles. The molecule has 6 heteroatoms. The molecule has 3 rings (SSSR count). The minimum atomic E-state index is -2.85. The maximum atomic E-state index is 12.1. The first-order valence-electron chi connectivity index (χ1n) is 6.68. The third-order valence-electron chi connectivity index (χ3n) is 3.06. The lowest BCUT2D eigenvalue weighted by Gasteiger charge is -2.04. The van der Waals surface area contributed by atoms with E-state index in [2.05, 4.69) is 15.8 Å². The predicted octanol–water partition coefficient (Wildman–Crippen LogP) is 4.96. The van der Waals surface area contributed by atoms with Gasteiger partial charge in [0.25, 0.3) is 0 Å². The molecule has 0 aliphatic heterocycles. The minimum absolute atomic E-state index is 0.0793. The molecule has 0 aliphatic carbocycles. The highest BCUT2D eigenvalue weighted by Gasteiger charge is 2.09. The van der Waals surface area contributed by atoms with Gasteiger partial charge in [0.2, 0.25) is 0 Å². The molecule has 0 bridgehead atoms. The summed E-state index contributed by atoms with van der Waals surface area (Å²) >= 11 is 1.44. The summed E-state index contributed by atoms with van der Waals surface area (Å²) < 4.78 is 29.5. The normalized spacial score (nSPS) is 11.7. The Morgan fingerprint density at radius 2 is 1.91 bits per heavy atom. The lowest BCUT2D eigenvalue weighted by Crippen LogP contribution is -2.01. The fourth-order valence-electron chi connectivity index (χ4n) is 2.04. The first-order chi connectivity index (χ1) is 11.2. The van der Waals surface area contributed by atoms with Crippen LogP contribution in [0.25, 0.3) is 21.9 Å². The Hall–Kier alpha value is -2.78. The molecule has 3 aromatic rings. The number of fused-ring (bicyclic) bond motifs is 1. The van der Waals surface area contributed by atoms with Crippen molar-refractivity contribution < 1.29 is 13.5 Å². The lowest BCUT2D eigenvalue weighted by molar-refractivity contribution is -0.0498. The number of rotatable bonds is 4. The van der Waals surface area contributed by atoms with Gasteiger partial charge in [-0.1, -0.05) is 24.3 Å². The van der Waals surface area contributed by atoms with E-state index in [-0.39, 0.29) is 5.75 Å². The molecule has 0 aliphatic rings. The molecule has 114 valence electrons. The van der Waals surface area contributed by atoms with Crippen LogP contribution in [0.4, 0.5) is 8.78 Å². The molecule has 0 atom stereocenters. The van der Waals surface area contributed by atoms with Crippen LogP contribution in [0.1, 0.15) is 10.6 Å². The first-order valence-corrected chi connectivity index (χ1v) is 7.50. The van der Waals surface area contributed by atoms with Crippen LogP contribution in [0.15, 0.2) is 48.5 Å². The van der Waals surface area contributed by atoms with Crippen molar-refractivity contribution in [3.8, 4) is 11.8 Å². The molecule has 0 spiro atoms. The highest BCUT2D eigenvalue weighted by Crippen LogP contribution is 2.28. The Labute approximate surface area is 135 Å². The van der Waals surface area contributed by atoms with Crippen LogP contribution < -0.4 is 4.74 Å². The fraction of sp³-hybridized carbons (Fsp3) is 0.0588. The van der Waals surface area contributed by atoms with Crippen LogP contribution in [0.3, 0.4) is 0 Å².